The van der Waals surface area contributed by atoms with E-state index in [1.54, 1.807) is 0 Å². The standard InChI is InChI=1S/C18H15F2N3O2S/c1-11-2-4-12(5-3-11)9-21-17(24)18-23-22-16(26-18)10-25-15-7-6-13(19)8-14(15)20/h2-8H,9-10H2,1H3,(H,21,24). The molecule has 0 fully saturated rings. The average Bonchev–Trinajstić information content (AvgIpc) is 3.09. The molecule has 0 aliphatic carbocycles. The van der Waals surface area contributed by atoms with Gasteiger partial charge in [-0.2, -0.15) is 0 Å². The van der Waals surface area contributed by atoms with Crippen LogP contribution >= 0.6 is 11.3 Å². The van der Waals surface area contributed by atoms with Crippen LogP contribution in [0, 0.1) is 18.6 Å². The van der Waals surface area contributed by atoms with Gasteiger partial charge < -0.3 is 10.1 Å². The highest BCUT2D eigenvalue weighted by atomic mass is 32.1. The Morgan fingerprint density at radius 1 is 1.15 bits per heavy atom. The van der Waals surface area contributed by atoms with Crippen molar-refractivity contribution in [3.05, 3.63) is 75.2 Å². The molecule has 0 aliphatic rings. The zero-order chi connectivity index (χ0) is 18.5. The molecule has 134 valence electrons. The fourth-order valence-electron chi connectivity index (χ4n) is 2.10. The fourth-order valence-corrected chi connectivity index (χ4v) is 2.77. The molecule has 3 rings (SSSR count). The van der Waals surface area contributed by atoms with Crippen LogP contribution in [-0.4, -0.2) is 16.1 Å². The maximum absolute atomic E-state index is 13.5. The summed E-state index contributed by atoms with van der Waals surface area (Å²) in [6, 6.07) is 10.8. The number of nitrogens with zero attached hydrogens (tertiary/aromatic N) is 2. The first-order chi connectivity index (χ1) is 12.5. The Labute approximate surface area is 152 Å². The van der Waals surface area contributed by atoms with Crippen LogP contribution in [0.3, 0.4) is 0 Å². The van der Waals surface area contributed by atoms with E-state index in [0.717, 1.165) is 34.6 Å². The molecule has 0 aliphatic heterocycles. The zero-order valence-electron chi connectivity index (χ0n) is 13.8. The van der Waals surface area contributed by atoms with Gasteiger partial charge in [0.25, 0.3) is 5.91 Å². The van der Waals surface area contributed by atoms with Crippen LogP contribution in [0.2, 0.25) is 0 Å². The minimum atomic E-state index is -0.800. The third-order valence-corrected chi connectivity index (χ3v) is 4.38. The van der Waals surface area contributed by atoms with E-state index in [-0.39, 0.29) is 23.3 Å². The summed E-state index contributed by atoms with van der Waals surface area (Å²) in [5.41, 5.74) is 2.12. The highest BCUT2D eigenvalue weighted by molar-refractivity contribution is 7.13. The molecule has 1 heterocycles. The number of amides is 1. The van der Waals surface area contributed by atoms with Gasteiger partial charge in [0, 0.05) is 12.6 Å². The first-order valence-corrected chi connectivity index (χ1v) is 8.57. The minimum Gasteiger partial charge on any atom is -0.483 e. The molecule has 0 radical (unpaired) electrons. The van der Waals surface area contributed by atoms with E-state index in [1.165, 1.54) is 6.07 Å². The van der Waals surface area contributed by atoms with Gasteiger partial charge in [0.05, 0.1) is 0 Å². The van der Waals surface area contributed by atoms with E-state index in [1.807, 2.05) is 31.2 Å². The van der Waals surface area contributed by atoms with Crippen molar-refractivity contribution in [1.29, 1.82) is 0 Å². The van der Waals surface area contributed by atoms with Crippen molar-refractivity contribution >= 4 is 17.2 Å². The second-order valence-electron chi connectivity index (χ2n) is 5.53. The summed E-state index contributed by atoms with van der Waals surface area (Å²) in [7, 11) is 0. The molecule has 5 nitrogen and oxygen atoms in total. The Kier molecular flexibility index (Phi) is 5.52. The summed E-state index contributed by atoms with van der Waals surface area (Å²) in [5, 5.41) is 11.0. The van der Waals surface area contributed by atoms with E-state index < -0.39 is 11.6 Å². The Bertz CT molecular complexity index is 913. The van der Waals surface area contributed by atoms with Crippen LogP contribution in [0.1, 0.15) is 25.9 Å². The maximum Gasteiger partial charge on any atom is 0.282 e. The van der Waals surface area contributed by atoms with E-state index in [4.69, 9.17) is 4.74 Å². The topological polar surface area (TPSA) is 64.1 Å². The van der Waals surface area contributed by atoms with Gasteiger partial charge in [-0.3, -0.25) is 4.79 Å². The van der Waals surface area contributed by atoms with Gasteiger partial charge in [-0.05, 0) is 24.6 Å². The normalized spacial score (nSPS) is 10.6. The number of nitrogens with one attached hydrogen (secondary N) is 1. The third kappa shape index (κ3) is 4.60. The molecule has 0 saturated heterocycles. The van der Waals surface area contributed by atoms with Crippen molar-refractivity contribution in [3.63, 3.8) is 0 Å². The third-order valence-electron chi connectivity index (χ3n) is 3.48. The first-order valence-electron chi connectivity index (χ1n) is 7.75. The Hall–Kier alpha value is -2.87. The molecular weight excluding hydrogens is 360 g/mol. The van der Waals surface area contributed by atoms with Crippen molar-refractivity contribution in [3.8, 4) is 5.75 Å². The lowest BCUT2D eigenvalue weighted by Gasteiger charge is -2.04. The maximum atomic E-state index is 13.5. The summed E-state index contributed by atoms with van der Waals surface area (Å²) in [6.45, 7) is 2.31. The highest BCUT2D eigenvalue weighted by Crippen LogP contribution is 2.20. The molecule has 1 amide bonds. The molecule has 3 aromatic rings. The number of aromatic nitrogens is 2. The van der Waals surface area contributed by atoms with Crippen LogP contribution < -0.4 is 10.1 Å². The monoisotopic (exact) mass is 375 g/mol. The number of aryl methyl sites for hydroxylation is 1. The smallest absolute Gasteiger partial charge is 0.282 e. The second kappa shape index (κ2) is 8.01. The Balaban J connectivity index is 1.55. The van der Waals surface area contributed by atoms with Gasteiger partial charge in [0.1, 0.15) is 12.4 Å². The summed E-state index contributed by atoms with van der Waals surface area (Å²) in [6.07, 6.45) is 0. The number of benzene rings is 2. The van der Waals surface area contributed by atoms with Crippen LogP contribution in [0.5, 0.6) is 5.75 Å². The van der Waals surface area contributed by atoms with Crippen LogP contribution in [0.4, 0.5) is 8.78 Å². The van der Waals surface area contributed by atoms with Crippen molar-refractivity contribution in [2.24, 2.45) is 0 Å². The Morgan fingerprint density at radius 2 is 1.92 bits per heavy atom. The Morgan fingerprint density at radius 3 is 2.65 bits per heavy atom. The van der Waals surface area contributed by atoms with Gasteiger partial charge in [0.2, 0.25) is 5.01 Å². The second-order valence-corrected chi connectivity index (χ2v) is 6.59. The van der Waals surface area contributed by atoms with Gasteiger partial charge in [-0.15, -0.1) is 10.2 Å². The molecule has 0 spiro atoms. The predicted octanol–water partition coefficient (Wildman–Crippen LogP) is 3.63. The molecule has 1 N–H and O–H groups in total. The molecule has 0 bridgehead atoms. The van der Waals surface area contributed by atoms with Crippen LogP contribution in [0.25, 0.3) is 0 Å². The molecule has 1 aromatic heterocycles. The molecule has 0 saturated carbocycles. The molecule has 0 unspecified atom stereocenters. The molecule has 0 atom stereocenters. The quantitative estimate of drug-likeness (QED) is 0.715. The van der Waals surface area contributed by atoms with Crippen molar-refractivity contribution in [2.75, 3.05) is 0 Å². The summed E-state index contributed by atoms with van der Waals surface area (Å²) >= 11 is 1.05. The number of rotatable bonds is 6. The van der Waals surface area contributed by atoms with Gasteiger partial charge in [0.15, 0.2) is 16.6 Å². The van der Waals surface area contributed by atoms with Gasteiger partial charge in [-0.25, -0.2) is 8.78 Å². The SMILES string of the molecule is Cc1ccc(CNC(=O)c2nnc(COc3ccc(F)cc3F)s2)cc1. The highest BCUT2D eigenvalue weighted by Gasteiger charge is 2.14. The van der Waals surface area contributed by atoms with Crippen molar-refractivity contribution < 1.29 is 18.3 Å². The van der Waals surface area contributed by atoms with Crippen LogP contribution in [0.15, 0.2) is 42.5 Å². The zero-order valence-corrected chi connectivity index (χ0v) is 14.6. The molecule has 8 heteroatoms. The predicted molar refractivity (Wildman–Crippen MR) is 92.9 cm³/mol. The number of halogens is 2. The van der Waals surface area contributed by atoms with Gasteiger partial charge >= 0.3 is 0 Å². The van der Waals surface area contributed by atoms with Crippen molar-refractivity contribution in [2.45, 2.75) is 20.1 Å². The number of hydrogen-bond donors (Lipinski definition) is 1. The lowest BCUT2D eigenvalue weighted by Crippen LogP contribution is -2.22. The lowest BCUT2D eigenvalue weighted by atomic mass is 10.1. The van der Waals surface area contributed by atoms with E-state index in [0.29, 0.717) is 11.6 Å². The molecule has 2 aromatic carbocycles. The minimum absolute atomic E-state index is 0.0640. The lowest BCUT2D eigenvalue weighted by molar-refractivity contribution is 0.0950. The largest absolute Gasteiger partial charge is 0.483 e. The average molecular weight is 375 g/mol. The number of ether oxygens (including phenoxy) is 1. The number of hydrogen-bond acceptors (Lipinski definition) is 5. The number of carbonyl (C=O) groups is 1. The van der Waals surface area contributed by atoms with E-state index in [9.17, 15) is 13.6 Å². The summed E-state index contributed by atoms with van der Waals surface area (Å²) < 4.78 is 31.6. The van der Waals surface area contributed by atoms with Crippen LogP contribution in [-0.2, 0) is 13.2 Å². The first kappa shape index (κ1) is 17.9. The van der Waals surface area contributed by atoms with E-state index >= 15 is 0 Å². The molecular formula is C18H15F2N3O2S. The van der Waals surface area contributed by atoms with E-state index in [2.05, 4.69) is 15.5 Å². The van der Waals surface area contributed by atoms with Crippen molar-refractivity contribution in [1.82, 2.24) is 15.5 Å². The number of carbonyl (C=O) groups excluding carboxylic acids is 1. The van der Waals surface area contributed by atoms with Gasteiger partial charge in [-0.1, -0.05) is 41.2 Å². The summed E-state index contributed by atoms with van der Waals surface area (Å²) in [5.74, 6) is -1.92. The fraction of sp³-hybridized carbons (Fsp3) is 0.167. The summed E-state index contributed by atoms with van der Waals surface area (Å²) in [4.78, 5) is 12.1. The molecule has 26 heavy (non-hydrogen) atoms.